The van der Waals surface area contributed by atoms with Crippen molar-refractivity contribution < 1.29 is 13.9 Å². The van der Waals surface area contributed by atoms with Crippen molar-refractivity contribution in [3.05, 3.63) is 35.4 Å². The number of aliphatic hydroxyl groups is 1. The fourth-order valence-corrected chi connectivity index (χ4v) is 2.03. The predicted octanol–water partition coefficient (Wildman–Crippen LogP) is 2.91. The molecule has 2 rings (SSSR count). The van der Waals surface area contributed by atoms with E-state index in [1.54, 1.807) is 0 Å². The normalized spacial score (nSPS) is 19.5. The summed E-state index contributed by atoms with van der Waals surface area (Å²) in [5.41, 5.74) is 0.390. The molecule has 2 unspecified atom stereocenters. The van der Waals surface area contributed by atoms with Gasteiger partial charge < -0.3 is 5.11 Å². The second-order valence-corrected chi connectivity index (χ2v) is 4.70. The molecular formula is C13H16F2O. The van der Waals surface area contributed by atoms with Gasteiger partial charge in [-0.05, 0) is 36.3 Å². The first-order valence-electron chi connectivity index (χ1n) is 5.70. The first-order chi connectivity index (χ1) is 7.58. The summed E-state index contributed by atoms with van der Waals surface area (Å²) in [7, 11) is 0. The highest BCUT2D eigenvalue weighted by Crippen LogP contribution is 2.38. The quantitative estimate of drug-likeness (QED) is 0.837. The van der Waals surface area contributed by atoms with Crippen LogP contribution < -0.4 is 0 Å². The van der Waals surface area contributed by atoms with Crippen LogP contribution in [0.1, 0.15) is 25.3 Å². The average molecular weight is 226 g/mol. The van der Waals surface area contributed by atoms with Crippen molar-refractivity contribution in [1.29, 1.82) is 0 Å². The molecule has 0 aliphatic heterocycles. The minimum Gasteiger partial charge on any atom is -0.392 e. The predicted molar refractivity (Wildman–Crippen MR) is 58.0 cm³/mol. The lowest BCUT2D eigenvalue weighted by molar-refractivity contribution is 0.104. The van der Waals surface area contributed by atoms with Gasteiger partial charge in [0, 0.05) is 12.5 Å². The van der Waals surface area contributed by atoms with Crippen LogP contribution in [0.15, 0.2) is 18.2 Å². The molecule has 0 heterocycles. The molecule has 3 heteroatoms. The van der Waals surface area contributed by atoms with Gasteiger partial charge in [0.1, 0.15) is 11.6 Å². The Bertz CT molecular complexity index is 374. The number of aliphatic hydroxyl groups excluding tert-OH is 1. The molecule has 1 fully saturated rings. The zero-order valence-corrected chi connectivity index (χ0v) is 9.29. The molecule has 16 heavy (non-hydrogen) atoms. The molecule has 1 aromatic carbocycles. The molecule has 1 nitrogen and oxygen atoms in total. The van der Waals surface area contributed by atoms with Gasteiger partial charge in [0.25, 0.3) is 0 Å². The van der Waals surface area contributed by atoms with E-state index >= 15 is 0 Å². The molecule has 0 bridgehead atoms. The van der Waals surface area contributed by atoms with Gasteiger partial charge in [0.05, 0.1) is 6.10 Å². The van der Waals surface area contributed by atoms with Gasteiger partial charge in [0.15, 0.2) is 0 Å². The molecule has 88 valence electrons. The van der Waals surface area contributed by atoms with Crippen molar-refractivity contribution in [3.63, 3.8) is 0 Å². The van der Waals surface area contributed by atoms with Crippen molar-refractivity contribution in [2.24, 2.45) is 11.8 Å². The molecule has 2 atom stereocenters. The van der Waals surface area contributed by atoms with Crippen LogP contribution in [0.3, 0.4) is 0 Å². The van der Waals surface area contributed by atoms with Gasteiger partial charge >= 0.3 is 0 Å². The Balaban J connectivity index is 2.02. The van der Waals surface area contributed by atoms with Crippen LogP contribution in [-0.4, -0.2) is 11.2 Å². The molecule has 0 saturated heterocycles. The molecule has 1 aromatic rings. The summed E-state index contributed by atoms with van der Waals surface area (Å²) in [5.74, 6) is -0.365. The lowest BCUT2D eigenvalue weighted by atomic mass is 9.93. The summed E-state index contributed by atoms with van der Waals surface area (Å²) in [6.45, 7) is 1.99. The lowest BCUT2D eigenvalue weighted by Gasteiger charge is -2.18. The van der Waals surface area contributed by atoms with E-state index in [0.717, 1.165) is 18.9 Å². The Kier molecular flexibility index (Phi) is 3.24. The summed E-state index contributed by atoms with van der Waals surface area (Å²) >= 11 is 0. The van der Waals surface area contributed by atoms with Crippen LogP contribution in [0.5, 0.6) is 0 Å². The molecule has 1 N–H and O–H groups in total. The fourth-order valence-electron chi connectivity index (χ4n) is 2.03. The van der Waals surface area contributed by atoms with E-state index in [9.17, 15) is 13.9 Å². The maximum absolute atomic E-state index is 13.3. The second-order valence-electron chi connectivity index (χ2n) is 4.70. The van der Waals surface area contributed by atoms with Crippen LogP contribution in [0.2, 0.25) is 0 Å². The third kappa shape index (κ3) is 2.59. The largest absolute Gasteiger partial charge is 0.392 e. The number of rotatable bonds is 4. The van der Waals surface area contributed by atoms with Crippen LogP contribution in [0.4, 0.5) is 8.78 Å². The van der Waals surface area contributed by atoms with Gasteiger partial charge in [-0.1, -0.05) is 13.0 Å². The van der Waals surface area contributed by atoms with E-state index in [4.69, 9.17) is 0 Å². The van der Waals surface area contributed by atoms with Crippen molar-refractivity contribution in [1.82, 2.24) is 0 Å². The number of halogens is 2. The summed E-state index contributed by atoms with van der Waals surface area (Å²) in [4.78, 5) is 0. The van der Waals surface area contributed by atoms with Crippen LogP contribution in [0.25, 0.3) is 0 Å². The van der Waals surface area contributed by atoms with Crippen molar-refractivity contribution in [2.45, 2.75) is 32.3 Å². The van der Waals surface area contributed by atoms with E-state index in [1.165, 1.54) is 12.1 Å². The first-order valence-corrected chi connectivity index (χ1v) is 5.70. The van der Waals surface area contributed by atoms with E-state index in [0.29, 0.717) is 11.5 Å². The molecular weight excluding hydrogens is 210 g/mol. The van der Waals surface area contributed by atoms with Crippen molar-refractivity contribution in [3.8, 4) is 0 Å². The summed E-state index contributed by atoms with van der Waals surface area (Å²) in [5, 5.41) is 9.91. The smallest absolute Gasteiger partial charge is 0.129 e. The minimum atomic E-state index is -0.578. The van der Waals surface area contributed by atoms with Crippen molar-refractivity contribution >= 4 is 0 Å². The Hall–Kier alpha value is -0.960. The van der Waals surface area contributed by atoms with Crippen molar-refractivity contribution in [2.75, 3.05) is 0 Å². The SMILES string of the molecule is CC(C(O)Cc1ccc(F)cc1F)C1CC1. The highest BCUT2D eigenvalue weighted by Gasteiger charge is 2.32. The highest BCUT2D eigenvalue weighted by molar-refractivity contribution is 5.19. The Labute approximate surface area is 94.1 Å². The monoisotopic (exact) mass is 226 g/mol. The van der Waals surface area contributed by atoms with Crippen LogP contribution in [-0.2, 0) is 6.42 Å². The van der Waals surface area contributed by atoms with E-state index in [2.05, 4.69) is 0 Å². The topological polar surface area (TPSA) is 20.2 Å². The van der Waals surface area contributed by atoms with Gasteiger partial charge in [-0.25, -0.2) is 8.78 Å². The van der Waals surface area contributed by atoms with Crippen LogP contribution in [0, 0.1) is 23.5 Å². The van der Waals surface area contributed by atoms with Gasteiger partial charge in [-0.15, -0.1) is 0 Å². The van der Waals surface area contributed by atoms with Gasteiger partial charge in [-0.2, -0.15) is 0 Å². The minimum absolute atomic E-state index is 0.199. The van der Waals surface area contributed by atoms with E-state index in [1.807, 2.05) is 6.92 Å². The summed E-state index contributed by atoms with van der Waals surface area (Å²) < 4.78 is 26.0. The maximum atomic E-state index is 13.3. The third-order valence-electron chi connectivity index (χ3n) is 3.42. The lowest BCUT2D eigenvalue weighted by Crippen LogP contribution is -2.22. The van der Waals surface area contributed by atoms with Crippen LogP contribution >= 0.6 is 0 Å². The molecule has 1 aliphatic carbocycles. The Morgan fingerprint density at radius 3 is 2.62 bits per heavy atom. The average Bonchev–Trinajstić information content (AvgIpc) is 3.04. The highest BCUT2D eigenvalue weighted by atomic mass is 19.1. The third-order valence-corrected chi connectivity index (χ3v) is 3.42. The molecule has 0 radical (unpaired) electrons. The van der Waals surface area contributed by atoms with E-state index in [-0.39, 0.29) is 12.3 Å². The number of hydrogen-bond acceptors (Lipinski definition) is 1. The second kappa shape index (κ2) is 4.50. The first kappa shape index (κ1) is 11.5. The standard InChI is InChI=1S/C13H16F2O/c1-8(9-2-3-9)13(16)6-10-4-5-11(14)7-12(10)15/h4-5,7-9,13,16H,2-3,6H2,1H3. The Morgan fingerprint density at radius 1 is 1.38 bits per heavy atom. The van der Waals surface area contributed by atoms with Gasteiger partial charge in [0.2, 0.25) is 0 Å². The number of hydrogen-bond donors (Lipinski definition) is 1. The summed E-state index contributed by atoms with van der Waals surface area (Å²) in [6, 6.07) is 3.50. The summed E-state index contributed by atoms with van der Waals surface area (Å²) in [6.07, 6.45) is 2.05. The fraction of sp³-hybridized carbons (Fsp3) is 0.538. The Morgan fingerprint density at radius 2 is 2.06 bits per heavy atom. The molecule has 0 amide bonds. The molecule has 1 saturated carbocycles. The van der Waals surface area contributed by atoms with Gasteiger partial charge in [-0.3, -0.25) is 0 Å². The number of benzene rings is 1. The zero-order valence-electron chi connectivity index (χ0n) is 9.29. The molecule has 1 aliphatic rings. The van der Waals surface area contributed by atoms with E-state index < -0.39 is 17.7 Å². The molecule has 0 aromatic heterocycles. The maximum Gasteiger partial charge on any atom is 0.129 e. The zero-order chi connectivity index (χ0) is 11.7. The molecule has 0 spiro atoms.